The second kappa shape index (κ2) is 13.4. The predicted molar refractivity (Wildman–Crippen MR) is 239 cm³/mol. The number of rotatable bonds is 6. The molecule has 0 bridgehead atoms. The third-order valence-corrected chi connectivity index (χ3v) is 11.4. The first-order chi connectivity index (χ1) is 28.2. The molecule has 0 atom stereocenters. The normalized spacial score (nSPS) is 11.6. The van der Waals surface area contributed by atoms with Crippen molar-refractivity contribution >= 4 is 71.2 Å². The number of fused-ring (bicyclic) bond motifs is 9. The second-order valence-corrected chi connectivity index (χ2v) is 14.7. The Bertz CT molecular complexity index is 3240. The molecule has 0 aliphatic carbocycles. The third-order valence-electron chi connectivity index (χ3n) is 11.4. The van der Waals surface area contributed by atoms with Gasteiger partial charge in [-0.1, -0.05) is 140 Å². The molecule has 0 radical (unpaired) electrons. The maximum absolute atomic E-state index is 13.8. The van der Waals surface area contributed by atoms with Crippen molar-refractivity contribution in [3.05, 3.63) is 218 Å². The monoisotopic (exact) mass is 730 g/mol. The number of hydrogen-bond donors (Lipinski definition) is 0. The fraction of sp³-hybridized carbons (Fsp3) is 0. The van der Waals surface area contributed by atoms with E-state index < -0.39 is 0 Å². The van der Waals surface area contributed by atoms with Crippen molar-refractivity contribution in [3.8, 4) is 27.9 Å². The van der Waals surface area contributed by atoms with Crippen LogP contribution in [0.4, 0.5) is 21.5 Å². The van der Waals surface area contributed by atoms with Gasteiger partial charge in [-0.3, -0.25) is 0 Å². The van der Waals surface area contributed by atoms with Crippen LogP contribution in [0.25, 0.3) is 82.1 Å². The number of para-hydroxylation sites is 2. The Hall–Kier alpha value is -7.49. The van der Waals surface area contributed by atoms with Crippen molar-refractivity contribution in [2.45, 2.75) is 0 Å². The van der Waals surface area contributed by atoms with Crippen molar-refractivity contribution in [3.63, 3.8) is 0 Å². The quantitative estimate of drug-likeness (QED) is 0.155. The molecular weight excluding hydrogens is 696 g/mol. The maximum atomic E-state index is 13.8. The molecule has 0 aliphatic rings. The molecule has 0 spiro atoms. The van der Waals surface area contributed by atoms with Crippen LogP contribution in [-0.4, -0.2) is 4.57 Å². The molecule has 0 aliphatic heterocycles. The minimum atomic E-state index is -0.236. The molecule has 0 fully saturated rings. The summed E-state index contributed by atoms with van der Waals surface area (Å²) in [7, 11) is 0. The number of nitrogens with zero attached hydrogens (tertiary/aromatic N) is 2. The molecule has 3 heteroatoms. The smallest absolute Gasteiger partial charge is 0.123 e. The van der Waals surface area contributed by atoms with Crippen molar-refractivity contribution < 1.29 is 4.39 Å². The average Bonchev–Trinajstić information content (AvgIpc) is 3.61. The predicted octanol–water partition coefficient (Wildman–Crippen LogP) is 15.2. The van der Waals surface area contributed by atoms with Crippen molar-refractivity contribution in [2.24, 2.45) is 0 Å². The Morgan fingerprint density at radius 2 is 0.719 bits per heavy atom. The summed E-state index contributed by atoms with van der Waals surface area (Å²) in [5.41, 5.74) is 11.0. The number of benzene rings is 10. The molecule has 2 nitrogen and oxygen atoms in total. The molecule has 0 N–H and O–H groups in total. The highest BCUT2D eigenvalue weighted by Gasteiger charge is 2.17. The Balaban J connectivity index is 1.05. The van der Waals surface area contributed by atoms with Gasteiger partial charge in [0.2, 0.25) is 0 Å². The first-order valence-corrected chi connectivity index (χ1v) is 19.4. The van der Waals surface area contributed by atoms with E-state index in [2.05, 4.69) is 198 Å². The molecular formula is C54H35FN2. The molecule has 0 amide bonds. The summed E-state index contributed by atoms with van der Waals surface area (Å²) in [6.07, 6.45) is 0. The molecule has 268 valence electrons. The summed E-state index contributed by atoms with van der Waals surface area (Å²) in [6, 6.07) is 74.5. The number of anilines is 3. The lowest BCUT2D eigenvalue weighted by Gasteiger charge is -2.26. The van der Waals surface area contributed by atoms with Crippen LogP contribution in [0.1, 0.15) is 0 Å². The van der Waals surface area contributed by atoms with Gasteiger partial charge in [-0.05, 0) is 127 Å². The van der Waals surface area contributed by atoms with E-state index in [1.807, 2.05) is 12.1 Å². The summed E-state index contributed by atoms with van der Waals surface area (Å²) in [5.74, 6) is -0.236. The van der Waals surface area contributed by atoms with Gasteiger partial charge in [0, 0.05) is 33.5 Å². The fourth-order valence-corrected chi connectivity index (χ4v) is 8.74. The zero-order valence-electron chi connectivity index (χ0n) is 31.0. The van der Waals surface area contributed by atoms with E-state index in [1.54, 1.807) is 0 Å². The van der Waals surface area contributed by atoms with Gasteiger partial charge in [-0.2, -0.15) is 0 Å². The summed E-state index contributed by atoms with van der Waals surface area (Å²) in [6.45, 7) is 0. The van der Waals surface area contributed by atoms with Crippen LogP contribution in [0, 0.1) is 5.82 Å². The van der Waals surface area contributed by atoms with Gasteiger partial charge >= 0.3 is 0 Å². The van der Waals surface area contributed by atoms with Gasteiger partial charge in [0.1, 0.15) is 5.82 Å². The molecule has 1 aromatic heterocycles. The lowest BCUT2D eigenvalue weighted by atomic mass is 9.94. The zero-order chi connectivity index (χ0) is 37.9. The topological polar surface area (TPSA) is 8.17 Å². The Morgan fingerprint density at radius 3 is 1.33 bits per heavy atom. The molecule has 0 saturated heterocycles. The minimum absolute atomic E-state index is 0.236. The van der Waals surface area contributed by atoms with Crippen molar-refractivity contribution in [1.29, 1.82) is 0 Å². The van der Waals surface area contributed by atoms with Crippen LogP contribution in [0.5, 0.6) is 0 Å². The van der Waals surface area contributed by atoms with Crippen molar-refractivity contribution in [1.82, 2.24) is 4.57 Å². The highest BCUT2D eigenvalue weighted by atomic mass is 19.1. The van der Waals surface area contributed by atoms with Gasteiger partial charge in [0.25, 0.3) is 0 Å². The van der Waals surface area contributed by atoms with Crippen LogP contribution < -0.4 is 4.90 Å². The SMILES string of the molecule is Fc1ccc(-c2ccc(N(c3ccc(-c4ccc5c6ccccc6n(-c6ccccc6)c5c4)cc3)c3ccc4c5ccccc5c5ccccc5c4c3)cc2)cc1. The zero-order valence-corrected chi connectivity index (χ0v) is 31.0. The van der Waals surface area contributed by atoms with Gasteiger partial charge in [0.15, 0.2) is 0 Å². The van der Waals surface area contributed by atoms with E-state index in [0.717, 1.165) is 45.0 Å². The Morgan fingerprint density at radius 1 is 0.298 bits per heavy atom. The van der Waals surface area contributed by atoms with Crippen LogP contribution >= 0.6 is 0 Å². The van der Waals surface area contributed by atoms with E-state index in [1.165, 1.54) is 66.3 Å². The standard InChI is InChI=1S/C54H35FN2/c55-40-25-18-36(19-26-40)37-20-27-42(28-21-37)56(44-31-33-49-47-14-5-4-12-45(47)46-13-6-7-15-48(46)52(49)35-44)43-29-22-38(23-30-43)39-24-32-51-50-16-8-9-17-53(50)57(54(51)34-39)41-10-2-1-3-11-41/h1-35H. The molecule has 57 heavy (non-hydrogen) atoms. The number of aromatic nitrogens is 1. The highest BCUT2D eigenvalue weighted by molar-refractivity contribution is 6.25. The van der Waals surface area contributed by atoms with Gasteiger partial charge in [-0.25, -0.2) is 4.39 Å². The third kappa shape index (κ3) is 5.55. The largest absolute Gasteiger partial charge is 0.310 e. The summed E-state index contributed by atoms with van der Waals surface area (Å²) >= 11 is 0. The molecule has 11 rings (SSSR count). The highest BCUT2D eigenvalue weighted by Crippen LogP contribution is 2.42. The van der Waals surface area contributed by atoms with E-state index >= 15 is 0 Å². The second-order valence-electron chi connectivity index (χ2n) is 14.7. The first-order valence-electron chi connectivity index (χ1n) is 19.4. The molecule has 10 aromatic carbocycles. The Kier molecular flexibility index (Phi) is 7.71. The lowest BCUT2D eigenvalue weighted by Crippen LogP contribution is -2.10. The number of hydrogen-bond acceptors (Lipinski definition) is 1. The van der Waals surface area contributed by atoms with Crippen LogP contribution in [0.15, 0.2) is 212 Å². The van der Waals surface area contributed by atoms with E-state index in [4.69, 9.17) is 0 Å². The lowest BCUT2D eigenvalue weighted by molar-refractivity contribution is 0.628. The minimum Gasteiger partial charge on any atom is -0.310 e. The van der Waals surface area contributed by atoms with Gasteiger partial charge in [0.05, 0.1) is 11.0 Å². The van der Waals surface area contributed by atoms with Gasteiger partial charge in [-0.15, -0.1) is 0 Å². The van der Waals surface area contributed by atoms with E-state index in [0.29, 0.717) is 0 Å². The molecule has 1 heterocycles. The summed E-state index contributed by atoms with van der Waals surface area (Å²) in [5, 5.41) is 9.93. The molecule has 0 unspecified atom stereocenters. The average molecular weight is 731 g/mol. The van der Waals surface area contributed by atoms with Crippen LogP contribution in [0.2, 0.25) is 0 Å². The molecule has 11 aromatic rings. The van der Waals surface area contributed by atoms with Crippen LogP contribution in [-0.2, 0) is 0 Å². The summed E-state index contributed by atoms with van der Waals surface area (Å²) < 4.78 is 16.1. The first kappa shape index (κ1) is 32.9. The fourth-order valence-electron chi connectivity index (χ4n) is 8.74. The van der Waals surface area contributed by atoms with E-state index in [-0.39, 0.29) is 5.82 Å². The van der Waals surface area contributed by atoms with Crippen LogP contribution in [0.3, 0.4) is 0 Å². The summed E-state index contributed by atoms with van der Waals surface area (Å²) in [4.78, 5) is 2.33. The Labute approximate surface area is 329 Å². The van der Waals surface area contributed by atoms with Gasteiger partial charge < -0.3 is 9.47 Å². The van der Waals surface area contributed by atoms with Crippen molar-refractivity contribution in [2.75, 3.05) is 4.90 Å². The number of halogens is 1. The maximum Gasteiger partial charge on any atom is 0.123 e. The van der Waals surface area contributed by atoms with E-state index in [9.17, 15) is 4.39 Å². The molecule has 0 saturated carbocycles.